The SMILES string of the molecule is C=CCN(C[C@H]1CCCO1)C[C@@H]1CCCO1. The predicted molar refractivity (Wildman–Crippen MR) is 64.6 cm³/mol. The van der Waals surface area contributed by atoms with Crippen LogP contribution in [0.2, 0.25) is 0 Å². The zero-order chi connectivity index (χ0) is 11.2. The van der Waals surface area contributed by atoms with Gasteiger partial charge >= 0.3 is 0 Å². The lowest BCUT2D eigenvalue weighted by Crippen LogP contribution is -2.37. The van der Waals surface area contributed by atoms with Crippen LogP contribution in [0, 0.1) is 0 Å². The quantitative estimate of drug-likeness (QED) is 0.644. The van der Waals surface area contributed by atoms with E-state index in [2.05, 4.69) is 11.5 Å². The zero-order valence-corrected chi connectivity index (χ0v) is 10.1. The van der Waals surface area contributed by atoms with Crippen molar-refractivity contribution in [2.24, 2.45) is 0 Å². The molecule has 0 N–H and O–H groups in total. The third-order valence-corrected chi connectivity index (χ3v) is 3.36. The number of nitrogens with zero attached hydrogens (tertiary/aromatic N) is 1. The number of hydrogen-bond donors (Lipinski definition) is 0. The van der Waals surface area contributed by atoms with E-state index in [-0.39, 0.29) is 0 Å². The molecule has 3 heteroatoms. The van der Waals surface area contributed by atoms with E-state index in [0.717, 1.165) is 32.8 Å². The third kappa shape index (κ3) is 3.58. The molecular formula is C13H23NO2. The van der Waals surface area contributed by atoms with Crippen LogP contribution in [-0.4, -0.2) is 50.0 Å². The van der Waals surface area contributed by atoms with E-state index in [9.17, 15) is 0 Å². The van der Waals surface area contributed by atoms with E-state index in [1.54, 1.807) is 0 Å². The maximum Gasteiger partial charge on any atom is 0.0702 e. The highest BCUT2D eigenvalue weighted by atomic mass is 16.5. The Balaban J connectivity index is 1.75. The van der Waals surface area contributed by atoms with Gasteiger partial charge in [-0.05, 0) is 25.7 Å². The van der Waals surface area contributed by atoms with Gasteiger partial charge in [0.25, 0.3) is 0 Å². The molecule has 0 spiro atoms. The fourth-order valence-corrected chi connectivity index (χ4v) is 2.56. The Morgan fingerprint density at radius 1 is 1.06 bits per heavy atom. The van der Waals surface area contributed by atoms with Crippen LogP contribution in [0.1, 0.15) is 25.7 Å². The minimum Gasteiger partial charge on any atom is -0.377 e. The van der Waals surface area contributed by atoms with Crippen LogP contribution in [0.4, 0.5) is 0 Å². The van der Waals surface area contributed by atoms with Crippen molar-refractivity contribution in [2.45, 2.75) is 37.9 Å². The van der Waals surface area contributed by atoms with E-state index >= 15 is 0 Å². The number of rotatable bonds is 6. The fraction of sp³-hybridized carbons (Fsp3) is 0.846. The summed E-state index contributed by atoms with van der Waals surface area (Å²) in [6.07, 6.45) is 7.68. The van der Waals surface area contributed by atoms with Crippen molar-refractivity contribution in [3.63, 3.8) is 0 Å². The van der Waals surface area contributed by atoms with Crippen molar-refractivity contribution in [1.29, 1.82) is 0 Å². The highest BCUT2D eigenvalue weighted by molar-refractivity contribution is 4.80. The highest BCUT2D eigenvalue weighted by Crippen LogP contribution is 2.17. The molecule has 0 radical (unpaired) electrons. The maximum atomic E-state index is 5.68. The van der Waals surface area contributed by atoms with E-state index in [0.29, 0.717) is 12.2 Å². The molecule has 0 aromatic heterocycles. The Hall–Kier alpha value is -0.380. The molecule has 92 valence electrons. The summed E-state index contributed by atoms with van der Waals surface area (Å²) in [5.41, 5.74) is 0. The van der Waals surface area contributed by atoms with Crippen LogP contribution in [0.25, 0.3) is 0 Å². The van der Waals surface area contributed by atoms with Gasteiger partial charge in [0.05, 0.1) is 12.2 Å². The summed E-state index contributed by atoms with van der Waals surface area (Å²) in [4.78, 5) is 2.42. The molecule has 16 heavy (non-hydrogen) atoms. The van der Waals surface area contributed by atoms with E-state index in [1.807, 2.05) is 6.08 Å². The van der Waals surface area contributed by atoms with Crippen LogP contribution in [-0.2, 0) is 9.47 Å². The standard InChI is InChI=1S/C13H23NO2/c1-2-7-14(10-12-5-3-8-15-12)11-13-6-4-9-16-13/h2,12-13H,1,3-11H2/t12-,13+. The molecule has 0 amide bonds. The van der Waals surface area contributed by atoms with Gasteiger partial charge < -0.3 is 9.47 Å². The van der Waals surface area contributed by atoms with Gasteiger partial charge in [0.1, 0.15) is 0 Å². The summed E-state index contributed by atoms with van der Waals surface area (Å²) in [6.45, 7) is 8.71. The van der Waals surface area contributed by atoms with Gasteiger partial charge in [-0.1, -0.05) is 6.08 Å². The lowest BCUT2D eigenvalue weighted by atomic mass is 10.2. The normalized spacial score (nSPS) is 30.1. The molecule has 2 fully saturated rings. The summed E-state index contributed by atoms with van der Waals surface area (Å²) in [6, 6.07) is 0. The monoisotopic (exact) mass is 225 g/mol. The molecule has 0 aliphatic carbocycles. The first-order chi connectivity index (χ1) is 7.88. The zero-order valence-electron chi connectivity index (χ0n) is 10.1. The Morgan fingerprint density at radius 3 is 2.00 bits per heavy atom. The summed E-state index contributed by atoms with van der Waals surface area (Å²) < 4.78 is 11.4. The lowest BCUT2D eigenvalue weighted by Gasteiger charge is -2.26. The van der Waals surface area contributed by atoms with Crippen LogP contribution in [0.15, 0.2) is 12.7 Å². The van der Waals surface area contributed by atoms with Crippen molar-refractivity contribution in [3.05, 3.63) is 12.7 Å². The predicted octanol–water partition coefficient (Wildman–Crippen LogP) is 1.83. The molecular weight excluding hydrogens is 202 g/mol. The molecule has 2 saturated heterocycles. The van der Waals surface area contributed by atoms with Crippen LogP contribution < -0.4 is 0 Å². The molecule has 0 aromatic rings. The Kier molecular flexibility index (Phi) is 4.82. The molecule has 0 saturated carbocycles. The van der Waals surface area contributed by atoms with Crippen LogP contribution >= 0.6 is 0 Å². The Bertz CT molecular complexity index is 190. The summed E-state index contributed by atoms with van der Waals surface area (Å²) in [7, 11) is 0. The van der Waals surface area contributed by atoms with Gasteiger partial charge in [-0.15, -0.1) is 6.58 Å². The van der Waals surface area contributed by atoms with Crippen LogP contribution in [0.5, 0.6) is 0 Å². The van der Waals surface area contributed by atoms with Crippen LogP contribution in [0.3, 0.4) is 0 Å². The molecule has 0 aromatic carbocycles. The summed E-state index contributed by atoms with van der Waals surface area (Å²) in [5, 5.41) is 0. The van der Waals surface area contributed by atoms with E-state index in [4.69, 9.17) is 9.47 Å². The molecule has 3 nitrogen and oxygen atoms in total. The van der Waals surface area contributed by atoms with E-state index in [1.165, 1.54) is 25.7 Å². The first-order valence-corrected chi connectivity index (χ1v) is 6.45. The average Bonchev–Trinajstić information content (AvgIpc) is 2.91. The Morgan fingerprint density at radius 2 is 1.62 bits per heavy atom. The number of hydrogen-bond acceptors (Lipinski definition) is 3. The first-order valence-electron chi connectivity index (χ1n) is 6.45. The molecule has 2 heterocycles. The van der Waals surface area contributed by atoms with Gasteiger partial charge in [0, 0.05) is 32.8 Å². The van der Waals surface area contributed by atoms with Crippen molar-refractivity contribution >= 4 is 0 Å². The van der Waals surface area contributed by atoms with Gasteiger partial charge in [-0.2, -0.15) is 0 Å². The fourth-order valence-electron chi connectivity index (χ4n) is 2.56. The second-order valence-electron chi connectivity index (χ2n) is 4.78. The smallest absolute Gasteiger partial charge is 0.0702 e. The van der Waals surface area contributed by atoms with Gasteiger partial charge in [0.2, 0.25) is 0 Å². The van der Waals surface area contributed by atoms with Crippen molar-refractivity contribution < 1.29 is 9.47 Å². The molecule has 2 rings (SSSR count). The molecule has 2 atom stereocenters. The molecule has 0 bridgehead atoms. The molecule has 0 unspecified atom stereocenters. The first kappa shape index (κ1) is 12.1. The van der Waals surface area contributed by atoms with E-state index < -0.39 is 0 Å². The second-order valence-corrected chi connectivity index (χ2v) is 4.78. The minimum atomic E-state index is 0.432. The highest BCUT2D eigenvalue weighted by Gasteiger charge is 2.22. The molecule has 2 aliphatic rings. The van der Waals surface area contributed by atoms with Gasteiger partial charge in [-0.3, -0.25) is 4.90 Å². The topological polar surface area (TPSA) is 21.7 Å². The van der Waals surface area contributed by atoms with Crippen molar-refractivity contribution in [2.75, 3.05) is 32.8 Å². The minimum absolute atomic E-state index is 0.432. The second kappa shape index (κ2) is 6.38. The average molecular weight is 225 g/mol. The van der Waals surface area contributed by atoms with Crippen molar-refractivity contribution in [3.8, 4) is 0 Å². The number of ether oxygens (including phenoxy) is 2. The third-order valence-electron chi connectivity index (χ3n) is 3.36. The van der Waals surface area contributed by atoms with Gasteiger partial charge in [-0.25, -0.2) is 0 Å². The van der Waals surface area contributed by atoms with Crippen molar-refractivity contribution in [1.82, 2.24) is 4.90 Å². The lowest BCUT2D eigenvalue weighted by molar-refractivity contribution is 0.0421. The molecule has 2 aliphatic heterocycles. The Labute approximate surface area is 98.4 Å². The van der Waals surface area contributed by atoms with Gasteiger partial charge in [0.15, 0.2) is 0 Å². The largest absolute Gasteiger partial charge is 0.377 e. The maximum absolute atomic E-state index is 5.68. The summed E-state index contributed by atoms with van der Waals surface area (Å²) >= 11 is 0. The summed E-state index contributed by atoms with van der Waals surface area (Å²) in [5.74, 6) is 0.